The highest BCUT2D eigenvalue weighted by Gasteiger charge is 2.06. The number of nitrogens with one attached hydrogen (secondary N) is 1. The van der Waals surface area contributed by atoms with Crippen LogP contribution in [-0.4, -0.2) is 5.91 Å². The molecule has 1 aromatic heterocycles. The molecule has 0 saturated heterocycles. The van der Waals surface area contributed by atoms with Crippen LogP contribution in [0.2, 0.25) is 0 Å². The number of hydrogen-bond acceptors (Lipinski definition) is 3. The molecule has 2 rings (SSSR count). The molecule has 3 N–H and O–H groups in total. The van der Waals surface area contributed by atoms with Crippen LogP contribution in [0.15, 0.2) is 47.1 Å². The number of furan rings is 1. The van der Waals surface area contributed by atoms with Gasteiger partial charge in [-0.15, -0.1) is 0 Å². The summed E-state index contributed by atoms with van der Waals surface area (Å²) in [5, 5.41) is 2.78. The van der Waals surface area contributed by atoms with Crippen LogP contribution in [0, 0.1) is 0 Å². The zero-order valence-corrected chi connectivity index (χ0v) is 9.35. The molecular weight excluding hydrogens is 216 g/mol. The highest BCUT2D eigenvalue weighted by molar-refractivity contribution is 5.94. The molecule has 1 heterocycles. The van der Waals surface area contributed by atoms with Crippen molar-refractivity contribution < 1.29 is 9.21 Å². The third-order valence-corrected chi connectivity index (χ3v) is 2.43. The summed E-state index contributed by atoms with van der Waals surface area (Å²) in [4.78, 5) is 11.8. The molecule has 0 bridgehead atoms. The summed E-state index contributed by atoms with van der Waals surface area (Å²) in [6.45, 7) is 0.817. The fourth-order valence-corrected chi connectivity index (χ4v) is 1.52. The van der Waals surface area contributed by atoms with Gasteiger partial charge >= 0.3 is 0 Å². The minimum absolute atomic E-state index is 0.128. The van der Waals surface area contributed by atoms with E-state index in [0.717, 1.165) is 11.3 Å². The lowest BCUT2D eigenvalue weighted by Gasteiger charge is -2.04. The Morgan fingerprint density at radius 1 is 1.29 bits per heavy atom. The van der Waals surface area contributed by atoms with E-state index < -0.39 is 0 Å². The number of rotatable bonds is 4. The standard InChI is InChI=1S/C13H14N2O2/c14-8-10-3-1-4-11(7-10)13(16)15-9-12-5-2-6-17-12/h1-7H,8-9,14H2,(H,15,16). The van der Waals surface area contributed by atoms with Gasteiger partial charge in [0.25, 0.3) is 5.91 Å². The number of carbonyl (C=O) groups excluding carboxylic acids is 1. The highest BCUT2D eigenvalue weighted by atomic mass is 16.3. The Kier molecular flexibility index (Phi) is 3.57. The molecule has 0 atom stereocenters. The summed E-state index contributed by atoms with van der Waals surface area (Å²) in [6, 6.07) is 10.9. The second-order valence-electron chi connectivity index (χ2n) is 3.67. The van der Waals surface area contributed by atoms with Crippen LogP contribution in [0.4, 0.5) is 0 Å². The predicted molar refractivity (Wildman–Crippen MR) is 64.2 cm³/mol. The molecular formula is C13H14N2O2. The van der Waals surface area contributed by atoms with Crippen molar-refractivity contribution >= 4 is 5.91 Å². The van der Waals surface area contributed by atoms with E-state index in [9.17, 15) is 4.79 Å². The third kappa shape index (κ3) is 2.95. The molecule has 17 heavy (non-hydrogen) atoms. The van der Waals surface area contributed by atoms with Gasteiger partial charge in [-0.3, -0.25) is 4.79 Å². The Bertz CT molecular complexity index is 492. The van der Waals surface area contributed by atoms with Gasteiger partial charge in [0.2, 0.25) is 0 Å². The van der Waals surface area contributed by atoms with E-state index in [-0.39, 0.29) is 5.91 Å². The van der Waals surface area contributed by atoms with Gasteiger partial charge in [-0.2, -0.15) is 0 Å². The van der Waals surface area contributed by atoms with Crippen molar-refractivity contribution in [2.75, 3.05) is 0 Å². The van der Waals surface area contributed by atoms with Crippen LogP contribution in [0.5, 0.6) is 0 Å². The zero-order chi connectivity index (χ0) is 12.1. The van der Waals surface area contributed by atoms with Crippen molar-refractivity contribution in [3.8, 4) is 0 Å². The van der Waals surface area contributed by atoms with Crippen LogP contribution in [0.25, 0.3) is 0 Å². The molecule has 4 nitrogen and oxygen atoms in total. The largest absolute Gasteiger partial charge is 0.467 e. The second kappa shape index (κ2) is 5.32. The average Bonchev–Trinajstić information content (AvgIpc) is 2.89. The molecule has 2 aromatic rings. The lowest BCUT2D eigenvalue weighted by Crippen LogP contribution is -2.22. The topological polar surface area (TPSA) is 68.3 Å². The van der Waals surface area contributed by atoms with E-state index in [2.05, 4.69) is 5.32 Å². The Balaban J connectivity index is 1.99. The minimum Gasteiger partial charge on any atom is -0.467 e. The van der Waals surface area contributed by atoms with Crippen LogP contribution < -0.4 is 11.1 Å². The fraction of sp³-hybridized carbons (Fsp3) is 0.154. The molecule has 1 amide bonds. The minimum atomic E-state index is -0.128. The molecule has 0 saturated carbocycles. The second-order valence-corrected chi connectivity index (χ2v) is 3.67. The van der Waals surface area contributed by atoms with Crippen LogP contribution in [0.3, 0.4) is 0 Å². The smallest absolute Gasteiger partial charge is 0.251 e. The van der Waals surface area contributed by atoms with Crippen molar-refractivity contribution in [1.82, 2.24) is 5.32 Å². The van der Waals surface area contributed by atoms with Gasteiger partial charge in [0, 0.05) is 12.1 Å². The van der Waals surface area contributed by atoms with Crippen molar-refractivity contribution in [2.45, 2.75) is 13.1 Å². The predicted octanol–water partition coefficient (Wildman–Crippen LogP) is 1.67. The molecule has 0 unspecified atom stereocenters. The van der Waals surface area contributed by atoms with Crippen molar-refractivity contribution in [1.29, 1.82) is 0 Å². The first-order valence-electron chi connectivity index (χ1n) is 5.39. The van der Waals surface area contributed by atoms with Crippen LogP contribution in [0.1, 0.15) is 21.7 Å². The van der Waals surface area contributed by atoms with Gasteiger partial charge in [0.15, 0.2) is 0 Å². The molecule has 0 spiro atoms. The van der Waals surface area contributed by atoms with Crippen LogP contribution in [-0.2, 0) is 13.1 Å². The van der Waals surface area contributed by atoms with Gasteiger partial charge in [-0.05, 0) is 29.8 Å². The SMILES string of the molecule is NCc1cccc(C(=O)NCc2ccco2)c1. The van der Waals surface area contributed by atoms with Gasteiger partial charge < -0.3 is 15.5 Å². The maximum Gasteiger partial charge on any atom is 0.251 e. The van der Waals surface area contributed by atoms with Crippen molar-refractivity contribution in [2.24, 2.45) is 5.73 Å². The Hall–Kier alpha value is -2.07. The van der Waals surface area contributed by atoms with Crippen molar-refractivity contribution in [3.63, 3.8) is 0 Å². The normalized spacial score (nSPS) is 10.2. The number of benzene rings is 1. The van der Waals surface area contributed by atoms with E-state index >= 15 is 0 Å². The Morgan fingerprint density at radius 3 is 2.88 bits per heavy atom. The van der Waals surface area contributed by atoms with E-state index in [0.29, 0.717) is 18.7 Å². The molecule has 0 aliphatic rings. The van der Waals surface area contributed by atoms with E-state index in [1.54, 1.807) is 24.5 Å². The number of carbonyl (C=O) groups is 1. The fourth-order valence-electron chi connectivity index (χ4n) is 1.52. The summed E-state index contributed by atoms with van der Waals surface area (Å²) in [5.74, 6) is 0.602. The van der Waals surface area contributed by atoms with E-state index in [1.807, 2.05) is 18.2 Å². The summed E-state index contributed by atoms with van der Waals surface area (Å²) in [6.07, 6.45) is 1.58. The molecule has 1 aromatic carbocycles. The Morgan fingerprint density at radius 2 is 2.18 bits per heavy atom. The first-order chi connectivity index (χ1) is 8.29. The highest BCUT2D eigenvalue weighted by Crippen LogP contribution is 2.05. The third-order valence-electron chi connectivity index (χ3n) is 2.43. The van der Waals surface area contributed by atoms with Gasteiger partial charge in [-0.1, -0.05) is 12.1 Å². The van der Waals surface area contributed by atoms with Gasteiger partial charge in [0.05, 0.1) is 12.8 Å². The summed E-state index contributed by atoms with van der Waals surface area (Å²) in [5.41, 5.74) is 7.07. The molecule has 88 valence electrons. The maximum atomic E-state index is 11.8. The maximum absolute atomic E-state index is 11.8. The first kappa shape index (κ1) is 11.4. The number of hydrogen-bond donors (Lipinski definition) is 2. The van der Waals surface area contributed by atoms with Crippen molar-refractivity contribution in [3.05, 3.63) is 59.5 Å². The summed E-state index contributed by atoms with van der Waals surface area (Å²) >= 11 is 0. The summed E-state index contributed by atoms with van der Waals surface area (Å²) in [7, 11) is 0. The molecule has 0 aliphatic carbocycles. The Labute approximate surface area is 99.4 Å². The first-order valence-corrected chi connectivity index (χ1v) is 5.39. The molecule has 0 aliphatic heterocycles. The zero-order valence-electron chi connectivity index (χ0n) is 9.35. The van der Waals surface area contributed by atoms with Gasteiger partial charge in [-0.25, -0.2) is 0 Å². The lowest BCUT2D eigenvalue weighted by molar-refractivity contribution is 0.0948. The lowest BCUT2D eigenvalue weighted by atomic mass is 10.1. The van der Waals surface area contributed by atoms with E-state index in [1.165, 1.54) is 0 Å². The summed E-state index contributed by atoms with van der Waals surface area (Å²) < 4.78 is 5.13. The number of nitrogens with two attached hydrogens (primary N) is 1. The number of amides is 1. The molecule has 0 fully saturated rings. The van der Waals surface area contributed by atoms with Gasteiger partial charge in [0.1, 0.15) is 5.76 Å². The average molecular weight is 230 g/mol. The van der Waals surface area contributed by atoms with Crippen LogP contribution >= 0.6 is 0 Å². The molecule has 0 radical (unpaired) electrons. The quantitative estimate of drug-likeness (QED) is 0.839. The monoisotopic (exact) mass is 230 g/mol. The van der Waals surface area contributed by atoms with E-state index in [4.69, 9.17) is 10.2 Å². The molecule has 4 heteroatoms.